The van der Waals surface area contributed by atoms with E-state index < -0.39 is 23.4 Å². The van der Waals surface area contributed by atoms with Gasteiger partial charge in [-0.25, -0.2) is 0 Å². The molecule has 2 amide bonds. The second-order valence-electron chi connectivity index (χ2n) is 9.81. The number of carbonyl (C=O) groups excluding carboxylic acids is 2. The molecule has 1 aliphatic carbocycles. The van der Waals surface area contributed by atoms with Gasteiger partial charge in [0, 0.05) is 42.6 Å². The van der Waals surface area contributed by atoms with Gasteiger partial charge in [-0.15, -0.1) is 0 Å². The molecule has 3 rings (SSSR count). The summed E-state index contributed by atoms with van der Waals surface area (Å²) in [6.45, 7) is 2.21. The standard InChI is InChI=1S/C27H33ClF3N3O2/c1-17-13-20(25(36)32-2)6-5-19(17)14-22(34(3)4)16-33-24(35)15-23(18-7-9-21(28)10-8-18)26(11-12-26)27(29,30)31/h5-10,13,22-23H,11-12,14-16H2,1-4H3,(H,32,36)(H,33,35)/t22-,23+/m0/s1. The summed E-state index contributed by atoms with van der Waals surface area (Å²) in [5, 5.41) is 5.91. The SMILES string of the molecule is CNC(=O)c1ccc(C[C@@H](CNC(=O)C[C@H](c2ccc(Cl)cc2)C2(C(F)(F)F)CC2)N(C)C)c(C)c1. The van der Waals surface area contributed by atoms with Crippen molar-refractivity contribution in [3.63, 3.8) is 0 Å². The molecule has 0 heterocycles. The number of aryl methyl sites for hydroxylation is 1. The molecule has 1 aliphatic rings. The first kappa shape index (κ1) is 28.0. The maximum atomic E-state index is 14.0. The first-order chi connectivity index (χ1) is 16.9. The molecule has 0 bridgehead atoms. The number of hydrogen-bond donors (Lipinski definition) is 2. The molecule has 2 N–H and O–H groups in total. The van der Waals surface area contributed by atoms with Crippen molar-refractivity contribution in [3.8, 4) is 0 Å². The zero-order valence-electron chi connectivity index (χ0n) is 21.0. The maximum Gasteiger partial charge on any atom is 0.395 e. The van der Waals surface area contributed by atoms with Gasteiger partial charge in [-0.1, -0.05) is 29.8 Å². The lowest BCUT2D eigenvalue weighted by molar-refractivity contribution is -0.194. The molecule has 0 unspecified atom stereocenters. The van der Waals surface area contributed by atoms with Gasteiger partial charge in [0.2, 0.25) is 5.91 Å². The van der Waals surface area contributed by atoms with Gasteiger partial charge in [0.05, 0.1) is 5.41 Å². The third-order valence-corrected chi connectivity index (χ3v) is 7.49. The Morgan fingerprint density at radius 1 is 1.11 bits per heavy atom. The van der Waals surface area contributed by atoms with E-state index >= 15 is 0 Å². The molecule has 1 saturated carbocycles. The number of likely N-dealkylation sites (N-methyl/N-ethyl adjacent to an activating group) is 1. The van der Waals surface area contributed by atoms with E-state index in [1.165, 1.54) is 0 Å². The summed E-state index contributed by atoms with van der Waals surface area (Å²) in [4.78, 5) is 26.8. The number of alkyl halides is 3. The molecule has 9 heteroatoms. The Bertz CT molecular complexity index is 1080. The van der Waals surface area contributed by atoms with Crippen LogP contribution >= 0.6 is 11.6 Å². The van der Waals surface area contributed by atoms with E-state index in [-0.39, 0.29) is 37.8 Å². The molecule has 2 aromatic rings. The van der Waals surface area contributed by atoms with Crippen LogP contribution in [-0.2, 0) is 11.2 Å². The van der Waals surface area contributed by atoms with Crippen molar-refractivity contribution in [1.82, 2.24) is 15.5 Å². The van der Waals surface area contributed by atoms with Gasteiger partial charge < -0.3 is 15.5 Å². The highest BCUT2D eigenvalue weighted by Crippen LogP contribution is 2.66. The van der Waals surface area contributed by atoms with Crippen LogP contribution in [0.15, 0.2) is 42.5 Å². The van der Waals surface area contributed by atoms with Gasteiger partial charge in [-0.3, -0.25) is 9.59 Å². The summed E-state index contributed by atoms with van der Waals surface area (Å²) < 4.78 is 41.9. The molecule has 196 valence electrons. The minimum absolute atomic E-state index is 0.0166. The predicted octanol–water partition coefficient (Wildman–Crippen LogP) is 5.11. The Balaban J connectivity index is 1.70. The van der Waals surface area contributed by atoms with E-state index in [1.54, 1.807) is 37.4 Å². The predicted molar refractivity (Wildman–Crippen MR) is 135 cm³/mol. The van der Waals surface area contributed by atoms with Crippen molar-refractivity contribution >= 4 is 23.4 Å². The first-order valence-corrected chi connectivity index (χ1v) is 12.3. The largest absolute Gasteiger partial charge is 0.395 e. The highest BCUT2D eigenvalue weighted by Gasteiger charge is 2.67. The fourth-order valence-corrected chi connectivity index (χ4v) is 4.81. The fraction of sp³-hybridized carbons (Fsp3) is 0.481. The normalized spacial score (nSPS) is 16.4. The molecule has 2 aromatic carbocycles. The third-order valence-electron chi connectivity index (χ3n) is 7.23. The number of amides is 2. The van der Waals surface area contributed by atoms with Crippen molar-refractivity contribution < 1.29 is 22.8 Å². The number of benzene rings is 2. The summed E-state index contributed by atoms with van der Waals surface area (Å²) in [5.41, 5.74) is 1.16. The average molecular weight is 524 g/mol. The minimum atomic E-state index is -4.39. The summed E-state index contributed by atoms with van der Waals surface area (Å²) >= 11 is 5.94. The van der Waals surface area contributed by atoms with E-state index in [0.717, 1.165) is 11.1 Å². The topological polar surface area (TPSA) is 61.4 Å². The molecule has 36 heavy (non-hydrogen) atoms. The summed E-state index contributed by atoms with van der Waals surface area (Å²) in [6.07, 6.45) is -3.99. The molecular formula is C27H33ClF3N3O2. The van der Waals surface area contributed by atoms with Crippen molar-refractivity contribution in [2.75, 3.05) is 27.7 Å². The van der Waals surface area contributed by atoms with E-state index in [2.05, 4.69) is 10.6 Å². The Hall–Kier alpha value is -2.58. The van der Waals surface area contributed by atoms with E-state index in [1.807, 2.05) is 38.1 Å². The van der Waals surface area contributed by atoms with Crippen LogP contribution in [-0.4, -0.2) is 56.6 Å². The van der Waals surface area contributed by atoms with Gasteiger partial charge in [0.15, 0.2) is 0 Å². The highest BCUT2D eigenvalue weighted by atomic mass is 35.5. The quantitative estimate of drug-likeness (QED) is 0.455. The average Bonchev–Trinajstić information content (AvgIpc) is 3.63. The number of rotatable bonds is 10. The van der Waals surface area contributed by atoms with Gasteiger partial charge in [-0.2, -0.15) is 13.2 Å². The van der Waals surface area contributed by atoms with Crippen LogP contribution in [0.4, 0.5) is 13.2 Å². The second-order valence-corrected chi connectivity index (χ2v) is 10.2. The lowest BCUT2D eigenvalue weighted by Gasteiger charge is -2.30. The molecule has 1 fully saturated rings. The Morgan fingerprint density at radius 3 is 2.25 bits per heavy atom. The smallest absolute Gasteiger partial charge is 0.355 e. The number of halogens is 4. The second kappa shape index (κ2) is 11.2. The molecular weight excluding hydrogens is 491 g/mol. The number of nitrogens with zero attached hydrogens (tertiary/aromatic N) is 1. The fourth-order valence-electron chi connectivity index (χ4n) is 4.68. The van der Waals surface area contributed by atoms with Crippen LogP contribution < -0.4 is 10.6 Å². The molecule has 2 atom stereocenters. The minimum Gasteiger partial charge on any atom is -0.355 e. The molecule has 0 aliphatic heterocycles. The van der Waals surface area contributed by atoms with Gasteiger partial charge >= 0.3 is 6.18 Å². The Kier molecular flexibility index (Phi) is 8.72. The summed E-state index contributed by atoms with van der Waals surface area (Å²) in [6, 6.07) is 11.7. The molecule has 0 aromatic heterocycles. The third kappa shape index (κ3) is 6.40. The number of carbonyl (C=O) groups is 2. The van der Waals surface area contributed by atoms with E-state index in [4.69, 9.17) is 11.6 Å². The Labute approximate surface area is 215 Å². The maximum absolute atomic E-state index is 14.0. The van der Waals surface area contributed by atoms with Crippen LogP contribution in [0, 0.1) is 12.3 Å². The first-order valence-electron chi connectivity index (χ1n) is 11.9. The highest BCUT2D eigenvalue weighted by molar-refractivity contribution is 6.30. The van der Waals surface area contributed by atoms with Crippen LogP contribution in [0.3, 0.4) is 0 Å². The zero-order chi connectivity index (χ0) is 26.7. The van der Waals surface area contributed by atoms with Crippen molar-refractivity contribution in [3.05, 3.63) is 69.7 Å². The van der Waals surface area contributed by atoms with Crippen molar-refractivity contribution in [2.45, 2.75) is 50.7 Å². The number of nitrogens with one attached hydrogen (secondary N) is 2. The zero-order valence-corrected chi connectivity index (χ0v) is 21.8. The van der Waals surface area contributed by atoms with E-state index in [0.29, 0.717) is 22.6 Å². The summed E-state index contributed by atoms with van der Waals surface area (Å²) in [7, 11) is 5.36. The lowest BCUT2D eigenvalue weighted by Crippen LogP contribution is -2.43. The van der Waals surface area contributed by atoms with Crippen LogP contribution in [0.5, 0.6) is 0 Å². The Morgan fingerprint density at radius 2 is 1.75 bits per heavy atom. The van der Waals surface area contributed by atoms with Gasteiger partial charge in [0.1, 0.15) is 0 Å². The van der Waals surface area contributed by atoms with Crippen molar-refractivity contribution in [2.24, 2.45) is 5.41 Å². The van der Waals surface area contributed by atoms with Crippen LogP contribution in [0.25, 0.3) is 0 Å². The summed E-state index contributed by atoms with van der Waals surface area (Å²) in [5.74, 6) is -1.54. The van der Waals surface area contributed by atoms with Crippen molar-refractivity contribution in [1.29, 1.82) is 0 Å². The van der Waals surface area contributed by atoms with E-state index in [9.17, 15) is 22.8 Å². The van der Waals surface area contributed by atoms with Gasteiger partial charge in [0.25, 0.3) is 5.91 Å². The van der Waals surface area contributed by atoms with Crippen LogP contribution in [0.2, 0.25) is 5.02 Å². The lowest BCUT2D eigenvalue weighted by atomic mass is 9.80. The molecule has 0 saturated heterocycles. The number of hydrogen-bond acceptors (Lipinski definition) is 3. The van der Waals surface area contributed by atoms with Crippen LogP contribution in [0.1, 0.15) is 52.2 Å². The molecule has 5 nitrogen and oxygen atoms in total. The van der Waals surface area contributed by atoms with Gasteiger partial charge in [-0.05, 0) is 81.2 Å². The molecule has 0 radical (unpaired) electrons. The monoisotopic (exact) mass is 523 g/mol. The molecule has 0 spiro atoms.